The second kappa shape index (κ2) is 7.60. The van der Waals surface area contributed by atoms with E-state index < -0.39 is 15.8 Å². The first-order valence-electron chi connectivity index (χ1n) is 6.74. The molecule has 0 amide bonds. The Morgan fingerprint density at radius 2 is 1.84 bits per heavy atom. The van der Waals surface area contributed by atoms with Crippen molar-refractivity contribution in [1.29, 1.82) is 0 Å². The van der Waals surface area contributed by atoms with E-state index in [1.165, 1.54) is 12.1 Å². The smallest absolute Gasteiger partial charge is 0.211 e. The van der Waals surface area contributed by atoms with Crippen molar-refractivity contribution in [2.45, 2.75) is 44.4 Å². The number of nitrogens with one attached hydrogen (secondary N) is 1. The highest BCUT2D eigenvalue weighted by Gasteiger charge is 2.16. The molecule has 3 nitrogen and oxygen atoms in total. The SMILES string of the molecule is CCCC[C@H](CC)CNS(=O)(=O)c1ccc(F)cc1. The first-order valence-corrected chi connectivity index (χ1v) is 8.23. The van der Waals surface area contributed by atoms with Gasteiger partial charge >= 0.3 is 0 Å². The molecule has 0 aliphatic heterocycles. The normalized spacial score (nSPS) is 13.4. The molecule has 5 heteroatoms. The van der Waals surface area contributed by atoms with Crippen molar-refractivity contribution in [2.24, 2.45) is 5.92 Å². The van der Waals surface area contributed by atoms with Gasteiger partial charge in [0.1, 0.15) is 5.82 Å². The summed E-state index contributed by atoms with van der Waals surface area (Å²) in [7, 11) is -3.52. The molecule has 108 valence electrons. The summed E-state index contributed by atoms with van der Waals surface area (Å²) in [5, 5.41) is 0. The molecule has 0 radical (unpaired) electrons. The highest BCUT2D eigenvalue weighted by atomic mass is 32.2. The maximum Gasteiger partial charge on any atom is 0.240 e. The Morgan fingerprint density at radius 3 is 2.37 bits per heavy atom. The van der Waals surface area contributed by atoms with Crippen molar-refractivity contribution in [2.75, 3.05) is 6.54 Å². The van der Waals surface area contributed by atoms with Gasteiger partial charge < -0.3 is 0 Å². The van der Waals surface area contributed by atoms with Crippen LogP contribution in [0.5, 0.6) is 0 Å². The van der Waals surface area contributed by atoms with Gasteiger partial charge in [0.15, 0.2) is 0 Å². The topological polar surface area (TPSA) is 46.2 Å². The molecule has 0 saturated carbocycles. The lowest BCUT2D eigenvalue weighted by molar-refractivity contribution is 0.443. The van der Waals surface area contributed by atoms with Crippen molar-refractivity contribution in [3.63, 3.8) is 0 Å². The van der Waals surface area contributed by atoms with Gasteiger partial charge in [-0.15, -0.1) is 0 Å². The van der Waals surface area contributed by atoms with Gasteiger partial charge in [0.05, 0.1) is 4.90 Å². The number of halogens is 1. The largest absolute Gasteiger partial charge is 0.240 e. The number of hydrogen-bond acceptors (Lipinski definition) is 2. The second-order valence-corrected chi connectivity index (χ2v) is 6.49. The Hall–Kier alpha value is -0.940. The van der Waals surface area contributed by atoms with Crippen LogP contribution in [0.25, 0.3) is 0 Å². The molecule has 0 aliphatic rings. The highest BCUT2D eigenvalue weighted by Crippen LogP contribution is 2.14. The lowest BCUT2D eigenvalue weighted by Gasteiger charge is -2.15. The molecule has 0 spiro atoms. The number of sulfonamides is 1. The standard InChI is InChI=1S/C14H22FNO2S/c1-3-5-6-12(4-2)11-16-19(17,18)14-9-7-13(15)8-10-14/h7-10,12,16H,3-6,11H2,1-2H3/t12-/m0/s1. The number of rotatable bonds is 8. The number of benzene rings is 1. The minimum atomic E-state index is -3.52. The van der Waals surface area contributed by atoms with Crippen LogP contribution in [0.15, 0.2) is 29.2 Å². The summed E-state index contributed by atoms with van der Waals surface area (Å²) in [5.41, 5.74) is 0. The van der Waals surface area contributed by atoms with Crippen LogP contribution in [0, 0.1) is 11.7 Å². The Morgan fingerprint density at radius 1 is 1.21 bits per heavy atom. The van der Waals surface area contributed by atoms with Crippen LogP contribution in [0.3, 0.4) is 0 Å². The molecule has 1 rings (SSSR count). The van der Waals surface area contributed by atoms with Gasteiger partial charge in [-0.05, 0) is 36.6 Å². The van der Waals surface area contributed by atoms with Gasteiger partial charge in [0, 0.05) is 6.54 Å². The first-order chi connectivity index (χ1) is 8.99. The first kappa shape index (κ1) is 16.1. The van der Waals surface area contributed by atoms with Crippen molar-refractivity contribution in [3.8, 4) is 0 Å². The molecule has 0 aliphatic carbocycles. The molecule has 1 atom stereocenters. The maximum atomic E-state index is 12.8. The Balaban J connectivity index is 2.61. The van der Waals surface area contributed by atoms with Crippen LogP contribution in [0.2, 0.25) is 0 Å². The molecular weight excluding hydrogens is 265 g/mol. The molecule has 0 saturated heterocycles. The molecule has 0 fully saturated rings. The molecular formula is C14H22FNO2S. The Labute approximate surface area is 115 Å². The van der Waals surface area contributed by atoms with E-state index in [0.717, 1.165) is 37.8 Å². The minimum Gasteiger partial charge on any atom is -0.211 e. The van der Waals surface area contributed by atoms with Gasteiger partial charge in [-0.25, -0.2) is 17.5 Å². The molecule has 1 aromatic carbocycles. The summed E-state index contributed by atoms with van der Waals surface area (Å²) < 4.78 is 39.4. The minimum absolute atomic E-state index is 0.110. The predicted molar refractivity (Wildman–Crippen MR) is 74.9 cm³/mol. The fourth-order valence-corrected chi connectivity index (χ4v) is 2.98. The lowest BCUT2D eigenvalue weighted by atomic mass is 10.00. The fourth-order valence-electron chi connectivity index (χ4n) is 1.87. The van der Waals surface area contributed by atoms with Crippen LogP contribution in [0.4, 0.5) is 4.39 Å². The van der Waals surface area contributed by atoms with Gasteiger partial charge in [0.25, 0.3) is 0 Å². The molecule has 0 aromatic heterocycles. The number of hydrogen-bond donors (Lipinski definition) is 1. The number of unbranched alkanes of at least 4 members (excludes halogenated alkanes) is 1. The lowest BCUT2D eigenvalue weighted by Crippen LogP contribution is -2.29. The summed E-state index contributed by atoms with van der Waals surface area (Å²) in [6.07, 6.45) is 4.20. The van der Waals surface area contributed by atoms with E-state index in [1.807, 2.05) is 0 Å². The van der Waals surface area contributed by atoms with Crippen LogP contribution >= 0.6 is 0 Å². The van der Waals surface area contributed by atoms with E-state index in [-0.39, 0.29) is 4.90 Å². The summed E-state index contributed by atoms with van der Waals surface area (Å²) in [5.74, 6) is -0.0801. The summed E-state index contributed by atoms with van der Waals surface area (Å²) in [4.78, 5) is 0.110. The zero-order chi connectivity index (χ0) is 14.3. The Kier molecular flexibility index (Phi) is 6.45. The molecule has 1 aromatic rings. The summed E-state index contributed by atoms with van der Waals surface area (Å²) in [6, 6.07) is 4.88. The zero-order valence-electron chi connectivity index (χ0n) is 11.5. The predicted octanol–water partition coefficient (Wildman–Crippen LogP) is 3.32. The van der Waals surface area contributed by atoms with Crippen LogP contribution in [-0.4, -0.2) is 15.0 Å². The van der Waals surface area contributed by atoms with E-state index in [9.17, 15) is 12.8 Å². The van der Waals surface area contributed by atoms with Crippen molar-refractivity contribution >= 4 is 10.0 Å². The molecule has 19 heavy (non-hydrogen) atoms. The van der Waals surface area contributed by atoms with Gasteiger partial charge in [-0.3, -0.25) is 0 Å². The second-order valence-electron chi connectivity index (χ2n) is 4.72. The van der Waals surface area contributed by atoms with E-state index in [0.29, 0.717) is 12.5 Å². The molecule has 1 N–H and O–H groups in total. The Bertz CT molecular complexity index is 471. The van der Waals surface area contributed by atoms with Crippen molar-refractivity contribution in [1.82, 2.24) is 4.72 Å². The fraction of sp³-hybridized carbons (Fsp3) is 0.571. The van der Waals surface area contributed by atoms with Crippen molar-refractivity contribution < 1.29 is 12.8 Å². The quantitative estimate of drug-likeness (QED) is 0.797. The molecule has 0 heterocycles. The van der Waals surface area contributed by atoms with Gasteiger partial charge in [-0.2, -0.15) is 0 Å². The van der Waals surface area contributed by atoms with Gasteiger partial charge in [-0.1, -0.05) is 33.1 Å². The average Bonchev–Trinajstić information content (AvgIpc) is 2.39. The van der Waals surface area contributed by atoms with E-state index in [1.54, 1.807) is 0 Å². The van der Waals surface area contributed by atoms with Crippen LogP contribution in [0.1, 0.15) is 39.5 Å². The average molecular weight is 287 g/mol. The monoisotopic (exact) mass is 287 g/mol. The third-order valence-electron chi connectivity index (χ3n) is 3.23. The van der Waals surface area contributed by atoms with Crippen LogP contribution in [-0.2, 0) is 10.0 Å². The highest BCUT2D eigenvalue weighted by molar-refractivity contribution is 7.89. The van der Waals surface area contributed by atoms with E-state index >= 15 is 0 Å². The van der Waals surface area contributed by atoms with Gasteiger partial charge in [0.2, 0.25) is 10.0 Å². The third kappa shape index (κ3) is 5.28. The summed E-state index contributed by atoms with van der Waals surface area (Å²) >= 11 is 0. The van der Waals surface area contributed by atoms with Crippen LogP contribution < -0.4 is 4.72 Å². The zero-order valence-corrected chi connectivity index (χ0v) is 12.3. The molecule has 0 bridgehead atoms. The summed E-state index contributed by atoms with van der Waals surface area (Å²) in [6.45, 7) is 4.62. The van der Waals surface area contributed by atoms with E-state index in [2.05, 4.69) is 18.6 Å². The van der Waals surface area contributed by atoms with E-state index in [4.69, 9.17) is 0 Å². The molecule has 0 unspecified atom stereocenters. The van der Waals surface area contributed by atoms with Crippen molar-refractivity contribution in [3.05, 3.63) is 30.1 Å². The maximum absolute atomic E-state index is 12.8. The third-order valence-corrected chi connectivity index (χ3v) is 4.67.